The summed E-state index contributed by atoms with van der Waals surface area (Å²) >= 11 is 0. The molecule has 2 rings (SSSR count). The van der Waals surface area contributed by atoms with Crippen molar-refractivity contribution in [2.24, 2.45) is 0 Å². The maximum atomic E-state index is 6.01. The third kappa shape index (κ3) is 2.98. The van der Waals surface area contributed by atoms with Gasteiger partial charge in [-0.15, -0.1) is 0 Å². The first-order valence-electron chi connectivity index (χ1n) is 6.75. The average molecular weight is 254 g/mol. The lowest BCUT2D eigenvalue weighted by molar-refractivity contribution is 0.302. The first kappa shape index (κ1) is 13.7. The summed E-state index contributed by atoms with van der Waals surface area (Å²) < 4.78 is 6.01. The van der Waals surface area contributed by atoms with E-state index in [1.54, 1.807) is 0 Å². The molecule has 0 radical (unpaired) electrons. The maximum Gasteiger partial charge on any atom is 0.122 e. The molecule has 0 atom stereocenters. The van der Waals surface area contributed by atoms with E-state index in [9.17, 15) is 0 Å². The van der Waals surface area contributed by atoms with Gasteiger partial charge in [0.15, 0.2) is 0 Å². The van der Waals surface area contributed by atoms with Crippen molar-refractivity contribution in [2.45, 2.75) is 41.2 Å². The molecule has 0 heterocycles. The van der Waals surface area contributed by atoms with Crippen molar-refractivity contribution in [2.75, 3.05) is 0 Å². The first-order valence-corrected chi connectivity index (χ1v) is 6.75. The van der Waals surface area contributed by atoms with Crippen molar-refractivity contribution in [3.8, 4) is 5.75 Å². The van der Waals surface area contributed by atoms with Crippen LogP contribution in [-0.4, -0.2) is 0 Å². The summed E-state index contributed by atoms with van der Waals surface area (Å²) in [5, 5.41) is 0. The Labute approximate surface area is 116 Å². The average Bonchev–Trinajstić information content (AvgIpc) is 2.33. The molecule has 0 aliphatic rings. The van der Waals surface area contributed by atoms with E-state index in [0.29, 0.717) is 6.61 Å². The monoisotopic (exact) mass is 254 g/mol. The minimum Gasteiger partial charge on any atom is -0.489 e. The Morgan fingerprint density at radius 1 is 0.842 bits per heavy atom. The minimum absolute atomic E-state index is 0.641. The van der Waals surface area contributed by atoms with Crippen molar-refractivity contribution in [3.05, 3.63) is 63.7 Å². The Morgan fingerprint density at radius 3 is 2.11 bits per heavy atom. The number of aryl methyl sites for hydroxylation is 4. The van der Waals surface area contributed by atoms with Crippen LogP contribution < -0.4 is 4.74 Å². The molecular formula is C18H22O. The molecular weight excluding hydrogens is 232 g/mol. The molecule has 1 nitrogen and oxygen atoms in total. The smallest absolute Gasteiger partial charge is 0.122 e. The van der Waals surface area contributed by atoms with Crippen molar-refractivity contribution < 1.29 is 4.74 Å². The van der Waals surface area contributed by atoms with Crippen LogP contribution in [0.5, 0.6) is 5.75 Å². The Kier molecular flexibility index (Phi) is 3.94. The molecule has 0 saturated carbocycles. The summed E-state index contributed by atoms with van der Waals surface area (Å²) in [5.74, 6) is 0.986. The molecule has 0 saturated heterocycles. The van der Waals surface area contributed by atoms with Crippen LogP contribution >= 0.6 is 0 Å². The second kappa shape index (κ2) is 5.48. The van der Waals surface area contributed by atoms with Gasteiger partial charge in [0.05, 0.1) is 0 Å². The van der Waals surface area contributed by atoms with Gasteiger partial charge >= 0.3 is 0 Å². The highest BCUT2D eigenvalue weighted by Gasteiger charge is 2.07. The lowest BCUT2D eigenvalue weighted by Gasteiger charge is -2.15. The summed E-state index contributed by atoms with van der Waals surface area (Å²) in [6, 6.07) is 10.6. The third-order valence-corrected chi connectivity index (χ3v) is 3.77. The SMILES string of the molecule is Cc1cc(C)c(COc2cccc(C)c2C)c(C)c1. The van der Waals surface area contributed by atoms with E-state index < -0.39 is 0 Å². The van der Waals surface area contributed by atoms with Crippen molar-refractivity contribution >= 4 is 0 Å². The first-order chi connectivity index (χ1) is 8.99. The standard InChI is InChI=1S/C18H22O/c1-12-9-14(3)17(15(4)10-12)11-19-18-8-6-7-13(2)16(18)5/h6-10H,11H2,1-5H3. The lowest BCUT2D eigenvalue weighted by atomic mass is 10.0. The predicted octanol–water partition coefficient (Wildman–Crippen LogP) is 4.81. The van der Waals surface area contributed by atoms with Gasteiger partial charge in [0.25, 0.3) is 0 Å². The molecule has 19 heavy (non-hydrogen) atoms. The van der Waals surface area contributed by atoms with E-state index in [4.69, 9.17) is 4.74 Å². The highest BCUT2D eigenvalue weighted by Crippen LogP contribution is 2.23. The number of hydrogen-bond donors (Lipinski definition) is 0. The summed E-state index contributed by atoms with van der Waals surface area (Å²) in [7, 11) is 0. The van der Waals surface area contributed by atoms with Gasteiger partial charge in [-0.2, -0.15) is 0 Å². The molecule has 100 valence electrons. The van der Waals surface area contributed by atoms with Crippen molar-refractivity contribution in [1.82, 2.24) is 0 Å². The second-order valence-corrected chi connectivity index (χ2v) is 5.36. The molecule has 0 aromatic heterocycles. The van der Waals surface area contributed by atoms with E-state index in [0.717, 1.165) is 5.75 Å². The second-order valence-electron chi connectivity index (χ2n) is 5.36. The van der Waals surface area contributed by atoms with Crippen LogP contribution in [0.1, 0.15) is 33.4 Å². The summed E-state index contributed by atoms with van der Waals surface area (Å²) in [5.41, 5.74) is 7.72. The van der Waals surface area contributed by atoms with Crippen molar-refractivity contribution in [1.29, 1.82) is 0 Å². The molecule has 0 N–H and O–H groups in total. The Morgan fingerprint density at radius 2 is 1.47 bits per heavy atom. The van der Waals surface area contributed by atoms with Crippen LogP contribution in [0.2, 0.25) is 0 Å². The van der Waals surface area contributed by atoms with Crippen LogP contribution in [0.3, 0.4) is 0 Å². The molecule has 2 aromatic carbocycles. The lowest BCUT2D eigenvalue weighted by Crippen LogP contribution is -2.02. The van der Waals surface area contributed by atoms with Crippen molar-refractivity contribution in [3.63, 3.8) is 0 Å². The molecule has 0 aliphatic heterocycles. The van der Waals surface area contributed by atoms with E-state index in [-0.39, 0.29) is 0 Å². The summed E-state index contributed by atoms with van der Waals surface area (Å²) in [6.45, 7) is 11.3. The van der Waals surface area contributed by atoms with Crippen LogP contribution in [-0.2, 0) is 6.61 Å². The highest BCUT2D eigenvalue weighted by atomic mass is 16.5. The Balaban J connectivity index is 2.22. The van der Waals surface area contributed by atoms with Gasteiger partial charge in [-0.1, -0.05) is 29.8 Å². The largest absolute Gasteiger partial charge is 0.489 e. The van der Waals surface area contributed by atoms with Crippen LogP contribution in [0.25, 0.3) is 0 Å². The van der Waals surface area contributed by atoms with Gasteiger partial charge in [0.1, 0.15) is 12.4 Å². The quantitative estimate of drug-likeness (QED) is 0.764. The van der Waals surface area contributed by atoms with Gasteiger partial charge in [0, 0.05) is 0 Å². The molecule has 1 heteroatoms. The van der Waals surface area contributed by atoms with Gasteiger partial charge < -0.3 is 4.74 Å². The Bertz CT molecular complexity index is 574. The number of rotatable bonds is 3. The van der Waals surface area contributed by atoms with Gasteiger partial charge in [-0.3, -0.25) is 0 Å². The fraction of sp³-hybridized carbons (Fsp3) is 0.333. The van der Waals surface area contributed by atoms with Gasteiger partial charge in [-0.05, 0) is 68.5 Å². The topological polar surface area (TPSA) is 9.23 Å². The van der Waals surface area contributed by atoms with Gasteiger partial charge in [0.2, 0.25) is 0 Å². The van der Waals surface area contributed by atoms with Crippen LogP contribution in [0, 0.1) is 34.6 Å². The van der Waals surface area contributed by atoms with E-state index in [2.05, 4.69) is 52.8 Å². The zero-order valence-corrected chi connectivity index (χ0v) is 12.5. The fourth-order valence-electron chi connectivity index (χ4n) is 2.47. The zero-order valence-electron chi connectivity index (χ0n) is 12.5. The van der Waals surface area contributed by atoms with E-state index in [1.165, 1.54) is 33.4 Å². The molecule has 0 amide bonds. The van der Waals surface area contributed by atoms with Crippen LogP contribution in [0.4, 0.5) is 0 Å². The number of hydrogen-bond acceptors (Lipinski definition) is 1. The van der Waals surface area contributed by atoms with E-state index in [1.807, 2.05) is 12.1 Å². The molecule has 2 aromatic rings. The third-order valence-electron chi connectivity index (χ3n) is 3.77. The zero-order chi connectivity index (χ0) is 14.0. The van der Waals surface area contributed by atoms with E-state index >= 15 is 0 Å². The minimum atomic E-state index is 0.641. The molecule has 0 bridgehead atoms. The number of ether oxygens (including phenoxy) is 1. The molecule has 0 aliphatic carbocycles. The molecule has 0 spiro atoms. The predicted molar refractivity (Wildman–Crippen MR) is 80.9 cm³/mol. The normalized spacial score (nSPS) is 10.6. The summed E-state index contributed by atoms with van der Waals surface area (Å²) in [4.78, 5) is 0. The maximum absolute atomic E-state index is 6.01. The molecule has 0 unspecified atom stereocenters. The van der Waals surface area contributed by atoms with Gasteiger partial charge in [-0.25, -0.2) is 0 Å². The van der Waals surface area contributed by atoms with Crippen LogP contribution in [0.15, 0.2) is 30.3 Å². The highest BCUT2D eigenvalue weighted by molar-refractivity contribution is 5.40. The fourth-order valence-corrected chi connectivity index (χ4v) is 2.47. The molecule has 0 fully saturated rings. The summed E-state index contributed by atoms with van der Waals surface area (Å²) in [6.07, 6.45) is 0. The number of benzene rings is 2. The Hall–Kier alpha value is -1.76.